The molecule has 208 valence electrons. The molecule has 1 aromatic heterocycles. The fourth-order valence-corrected chi connectivity index (χ4v) is 6.09. The summed E-state index contributed by atoms with van der Waals surface area (Å²) in [5, 5.41) is 3.42. The molecule has 40 heavy (non-hydrogen) atoms. The van der Waals surface area contributed by atoms with Crippen molar-refractivity contribution < 1.29 is 22.7 Å². The van der Waals surface area contributed by atoms with Crippen LogP contribution in [0.2, 0.25) is 5.02 Å². The zero-order valence-corrected chi connectivity index (χ0v) is 23.9. The molecule has 0 saturated heterocycles. The van der Waals surface area contributed by atoms with Crippen LogP contribution in [0.15, 0.2) is 77.8 Å². The highest BCUT2D eigenvalue weighted by Gasteiger charge is 2.39. The van der Waals surface area contributed by atoms with Gasteiger partial charge in [0.15, 0.2) is 11.5 Å². The number of amides is 1. The number of methoxy groups -OCH3 is 2. The van der Waals surface area contributed by atoms with Gasteiger partial charge in [-0.1, -0.05) is 41.4 Å². The average Bonchev–Trinajstić information content (AvgIpc) is 3.71. The number of ether oxygens (including phenoxy) is 2. The third-order valence-corrected chi connectivity index (χ3v) is 8.79. The number of anilines is 1. The first-order valence-electron chi connectivity index (χ1n) is 12.7. The highest BCUT2D eigenvalue weighted by atomic mass is 35.5. The number of aromatic nitrogens is 2. The summed E-state index contributed by atoms with van der Waals surface area (Å²) in [6, 6.07) is 18.9. The average molecular weight is 581 g/mol. The summed E-state index contributed by atoms with van der Waals surface area (Å²) < 4.78 is 40.7. The van der Waals surface area contributed by atoms with Crippen LogP contribution in [0.25, 0.3) is 16.9 Å². The van der Waals surface area contributed by atoms with E-state index in [-0.39, 0.29) is 23.4 Å². The van der Waals surface area contributed by atoms with E-state index < -0.39 is 15.9 Å². The Morgan fingerprint density at radius 1 is 1.02 bits per heavy atom. The predicted octanol–water partition coefficient (Wildman–Crippen LogP) is 5.31. The predicted molar refractivity (Wildman–Crippen MR) is 154 cm³/mol. The number of rotatable bonds is 10. The van der Waals surface area contributed by atoms with Crippen molar-refractivity contribution in [2.75, 3.05) is 26.1 Å². The number of sulfonamides is 1. The standard InChI is InChI=1S/C29H29ClN4O5S/c1-19-4-13-24(14-5-19)40(36,37)34(22-10-11-22)18-28(35)32-29-31-25(20-6-8-21(30)9-7-20)17-33(29)23-12-15-26(38-2)27(16-23)39-3/h4-9,12-17,22H,10-11,18H2,1-3H3,(H,31,32,35). The van der Waals surface area contributed by atoms with Gasteiger partial charge in [0.1, 0.15) is 0 Å². The second-order valence-corrected chi connectivity index (χ2v) is 11.8. The Morgan fingerprint density at radius 2 is 1.70 bits per heavy atom. The molecule has 0 bridgehead atoms. The summed E-state index contributed by atoms with van der Waals surface area (Å²) in [5.41, 5.74) is 2.99. The molecule has 4 aromatic rings. The molecule has 0 spiro atoms. The summed E-state index contributed by atoms with van der Waals surface area (Å²) in [7, 11) is -0.770. The maximum Gasteiger partial charge on any atom is 0.243 e. The molecule has 3 aromatic carbocycles. The Kier molecular flexibility index (Phi) is 7.84. The Hall–Kier alpha value is -3.86. The summed E-state index contributed by atoms with van der Waals surface area (Å²) >= 11 is 6.07. The molecule has 11 heteroatoms. The van der Waals surface area contributed by atoms with Crippen LogP contribution in [0.4, 0.5) is 5.95 Å². The molecular formula is C29H29ClN4O5S. The largest absolute Gasteiger partial charge is 0.493 e. The van der Waals surface area contributed by atoms with Crippen LogP contribution in [-0.4, -0.2) is 55.0 Å². The van der Waals surface area contributed by atoms with E-state index in [0.29, 0.717) is 40.7 Å². The van der Waals surface area contributed by atoms with Crippen LogP contribution in [0.1, 0.15) is 18.4 Å². The molecule has 0 aliphatic heterocycles. The van der Waals surface area contributed by atoms with Gasteiger partial charge in [-0.15, -0.1) is 0 Å². The molecule has 0 radical (unpaired) electrons. The first kappa shape index (κ1) is 27.7. The Bertz CT molecular complexity index is 1630. The van der Waals surface area contributed by atoms with Crippen molar-refractivity contribution in [3.05, 3.63) is 83.5 Å². The molecule has 1 N–H and O–H groups in total. The van der Waals surface area contributed by atoms with E-state index in [1.165, 1.54) is 4.31 Å². The highest BCUT2D eigenvalue weighted by Crippen LogP contribution is 2.34. The van der Waals surface area contributed by atoms with E-state index in [2.05, 4.69) is 10.3 Å². The Morgan fingerprint density at radius 3 is 2.33 bits per heavy atom. The number of aryl methyl sites for hydroxylation is 1. The van der Waals surface area contributed by atoms with E-state index in [9.17, 15) is 13.2 Å². The second kappa shape index (κ2) is 11.3. The van der Waals surface area contributed by atoms with Gasteiger partial charge in [-0.05, 0) is 56.2 Å². The van der Waals surface area contributed by atoms with Crippen LogP contribution in [0.5, 0.6) is 11.5 Å². The number of hydrogen-bond acceptors (Lipinski definition) is 6. The fraction of sp³-hybridized carbons (Fsp3) is 0.241. The minimum absolute atomic E-state index is 0.162. The number of carbonyl (C=O) groups excluding carboxylic acids is 1. The SMILES string of the molecule is COc1ccc(-n2cc(-c3ccc(Cl)cc3)nc2NC(=O)CN(C2CC2)S(=O)(=O)c2ccc(C)cc2)cc1OC. The number of imidazole rings is 1. The van der Waals surface area contributed by atoms with E-state index in [1.54, 1.807) is 73.5 Å². The van der Waals surface area contributed by atoms with Gasteiger partial charge in [-0.25, -0.2) is 13.4 Å². The number of hydrogen-bond donors (Lipinski definition) is 1. The lowest BCUT2D eigenvalue weighted by Gasteiger charge is -2.21. The molecule has 1 amide bonds. The lowest BCUT2D eigenvalue weighted by molar-refractivity contribution is -0.116. The van der Waals surface area contributed by atoms with E-state index in [0.717, 1.165) is 11.1 Å². The normalized spacial score (nSPS) is 13.3. The highest BCUT2D eigenvalue weighted by molar-refractivity contribution is 7.89. The maximum absolute atomic E-state index is 13.4. The van der Waals surface area contributed by atoms with Crippen molar-refractivity contribution in [1.29, 1.82) is 0 Å². The van der Waals surface area contributed by atoms with Crippen LogP contribution >= 0.6 is 11.6 Å². The molecule has 1 aliphatic carbocycles. The van der Waals surface area contributed by atoms with E-state index in [4.69, 9.17) is 21.1 Å². The van der Waals surface area contributed by atoms with Crippen LogP contribution in [-0.2, 0) is 14.8 Å². The van der Waals surface area contributed by atoms with Crippen molar-refractivity contribution in [3.8, 4) is 28.4 Å². The summed E-state index contributed by atoms with van der Waals surface area (Å²) in [4.78, 5) is 18.2. The number of nitrogens with one attached hydrogen (secondary N) is 1. The summed E-state index contributed by atoms with van der Waals surface area (Å²) in [5.74, 6) is 0.780. The molecule has 9 nitrogen and oxygen atoms in total. The maximum atomic E-state index is 13.4. The summed E-state index contributed by atoms with van der Waals surface area (Å²) in [6.07, 6.45) is 3.19. The first-order chi connectivity index (χ1) is 19.2. The molecule has 1 saturated carbocycles. The van der Waals surface area contributed by atoms with Crippen LogP contribution in [0.3, 0.4) is 0 Å². The Balaban J connectivity index is 1.47. The van der Waals surface area contributed by atoms with Gasteiger partial charge in [0, 0.05) is 28.9 Å². The lowest BCUT2D eigenvalue weighted by atomic mass is 10.2. The third-order valence-electron chi connectivity index (χ3n) is 6.62. The van der Waals surface area contributed by atoms with Gasteiger partial charge in [0.2, 0.25) is 21.9 Å². The Labute approximate surface area is 238 Å². The number of halogens is 1. The third kappa shape index (κ3) is 5.84. The summed E-state index contributed by atoms with van der Waals surface area (Å²) in [6.45, 7) is 1.55. The quantitative estimate of drug-likeness (QED) is 0.273. The molecule has 0 atom stereocenters. The zero-order chi connectivity index (χ0) is 28.4. The van der Waals surface area contributed by atoms with Gasteiger partial charge in [-0.2, -0.15) is 4.31 Å². The molecule has 1 aliphatic rings. The number of nitrogens with zero attached hydrogens (tertiary/aromatic N) is 3. The molecule has 1 fully saturated rings. The van der Waals surface area contributed by atoms with Crippen molar-refractivity contribution in [1.82, 2.24) is 13.9 Å². The van der Waals surface area contributed by atoms with Crippen LogP contribution in [0, 0.1) is 6.92 Å². The van der Waals surface area contributed by atoms with Gasteiger partial charge >= 0.3 is 0 Å². The zero-order valence-electron chi connectivity index (χ0n) is 22.3. The van der Waals surface area contributed by atoms with Crippen LogP contribution < -0.4 is 14.8 Å². The van der Waals surface area contributed by atoms with Crippen molar-refractivity contribution in [3.63, 3.8) is 0 Å². The fourth-order valence-electron chi connectivity index (χ4n) is 4.32. The molecular weight excluding hydrogens is 552 g/mol. The van der Waals surface area contributed by atoms with Crippen molar-refractivity contribution >= 4 is 33.5 Å². The van der Waals surface area contributed by atoms with E-state index in [1.807, 2.05) is 25.1 Å². The molecule has 1 heterocycles. The minimum atomic E-state index is -3.86. The van der Waals surface area contributed by atoms with Gasteiger partial charge in [-0.3, -0.25) is 14.7 Å². The molecule has 5 rings (SSSR count). The smallest absolute Gasteiger partial charge is 0.243 e. The number of benzene rings is 3. The second-order valence-electron chi connectivity index (χ2n) is 9.51. The lowest BCUT2D eigenvalue weighted by Crippen LogP contribution is -2.39. The van der Waals surface area contributed by atoms with Crippen molar-refractivity contribution in [2.24, 2.45) is 0 Å². The van der Waals surface area contributed by atoms with E-state index >= 15 is 0 Å². The van der Waals surface area contributed by atoms with Gasteiger partial charge in [0.05, 0.1) is 37.0 Å². The van der Waals surface area contributed by atoms with Crippen molar-refractivity contribution in [2.45, 2.75) is 30.7 Å². The molecule has 0 unspecified atom stereocenters. The van der Waals surface area contributed by atoms with Gasteiger partial charge < -0.3 is 9.47 Å². The monoisotopic (exact) mass is 580 g/mol. The number of carbonyl (C=O) groups is 1. The minimum Gasteiger partial charge on any atom is -0.493 e. The van der Waals surface area contributed by atoms with Gasteiger partial charge in [0.25, 0.3) is 0 Å². The topological polar surface area (TPSA) is 103 Å². The first-order valence-corrected chi connectivity index (χ1v) is 14.5.